The Balaban J connectivity index is 2.15. The molecule has 0 aliphatic rings. The van der Waals surface area contributed by atoms with Gasteiger partial charge in [-0.05, 0) is 48.5 Å². The number of carbonyl (C=O) groups is 5. The summed E-state index contributed by atoms with van der Waals surface area (Å²) in [6, 6.07) is 2.42. The summed E-state index contributed by atoms with van der Waals surface area (Å²) in [5.41, 5.74) is 7.35. The van der Waals surface area contributed by atoms with Gasteiger partial charge in [0.25, 0.3) is 0 Å². The number of carbonyl (C=O) groups excluding carboxylic acids is 3. The van der Waals surface area contributed by atoms with Gasteiger partial charge < -0.3 is 36.9 Å². The lowest BCUT2D eigenvalue weighted by Gasteiger charge is -2.24. The molecule has 1 aromatic carbocycles. The average molecular weight is 582 g/mol. The molecule has 0 bridgehead atoms. The van der Waals surface area contributed by atoms with E-state index >= 15 is 0 Å². The zero-order valence-electron chi connectivity index (χ0n) is 21.8. The predicted octanol–water partition coefficient (Wildman–Crippen LogP) is 0.558. The number of fused-ring (bicyclic) bond motifs is 1. The van der Waals surface area contributed by atoms with Crippen LogP contribution in [0.15, 0.2) is 30.5 Å². The summed E-state index contributed by atoms with van der Waals surface area (Å²) in [5.74, 6) is -3.81. The Morgan fingerprint density at radius 3 is 2.10 bits per heavy atom. The number of nitrogens with two attached hydrogens (primary N) is 1. The number of para-hydroxylation sites is 1. The molecule has 214 valence electrons. The maximum Gasteiger partial charge on any atom is 0.326 e. The average Bonchev–Trinajstić information content (AvgIpc) is 3.30. The van der Waals surface area contributed by atoms with Crippen LogP contribution in [-0.4, -0.2) is 93.0 Å². The smallest absolute Gasteiger partial charge is 0.326 e. The highest BCUT2D eigenvalue weighted by atomic mass is 32.2. The topological polar surface area (TPSA) is 204 Å². The van der Waals surface area contributed by atoms with Crippen molar-refractivity contribution in [3.8, 4) is 0 Å². The van der Waals surface area contributed by atoms with Gasteiger partial charge in [-0.15, -0.1) is 0 Å². The molecule has 0 aliphatic carbocycles. The van der Waals surface area contributed by atoms with E-state index in [-0.39, 0.29) is 12.8 Å². The number of carboxylic acids is 2. The van der Waals surface area contributed by atoms with Gasteiger partial charge in [0.2, 0.25) is 17.7 Å². The molecule has 0 aliphatic heterocycles. The molecule has 4 unspecified atom stereocenters. The lowest BCUT2D eigenvalue weighted by molar-refractivity contribution is -0.143. The fraction of sp³-hybridized carbons (Fsp3) is 0.480. The number of nitrogens with one attached hydrogen (secondary N) is 4. The van der Waals surface area contributed by atoms with Gasteiger partial charge in [-0.2, -0.15) is 23.5 Å². The van der Waals surface area contributed by atoms with Crippen LogP contribution in [0.25, 0.3) is 10.9 Å². The molecule has 1 aromatic heterocycles. The summed E-state index contributed by atoms with van der Waals surface area (Å²) in [7, 11) is 0. The molecule has 3 amide bonds. The van der Waals surface area contributed by atoms with Gasteiger partial charge in [0.05, 0.1) is 12.5 Å². The standard InChI is InChI=1S/C25H35N5O7S2/c1-38-9-7-16(26)22(33)28-18(8-10-39-2)23(34)29-19(12-21(31)32)24(35)30-20(25(36)37)11-14-13-27-17-6-4-3-5-15(14)17/h3-6,13,16,18-20,27H,7-12,26H2,1-2H3,(H,28,33)(H,29,34)(H,30,35)(H,31,32)(H,36,37). The molecule has 0 saturated heterocycles. The molecule has 4 atom stereocenters. The van der Waals surface area contributed by atoms with Crippen molar-refractivity contribution >= 4 is 64.1 Å². The maximum atomic E-state index is 13.1. The lowest BCUT2D eigenvalue weighted by Crippen LogP contribution is -2.57. The number of hydrogen-bond acceptors (Lipinski definition) is 8. The van der Waals surface area contributed by atoms with Crippen molar-refractivity contribution < 1.29 is 34.2 Å². The van der Waals surface area contributed by atoms with Crippen molar-refractivity contribution in [1.29, 1.82) is 0 Å². The third-order valence-electron chi connectivity index (χ3n) is 5.94. The lowest BCUT2D eigenvalue weighted by atomic mass is 10.0. The molecule has 2 rings (SSSR count). The second-order valence-corrected chi connectivity index (χ2v) is 10.8. The molecule has 0 radical (unpaired) electrons. The second-order valence-electron chi connectivity index (χ2n) is 8.85. The van der Waals surface area contributed by atoms with E-state index in [1.165, 1.54) is 23.5 Å². The Morgan fingerprint density at radius 2 is 1.46 bits per heavy atom. The second kappa shape index (κ2) is 16.0. The van der Waals surface area contributed by atoms with E-state index in [1.807, 2.05) is 30.7 Å². The predicted molar refractivity (Wildman–Crippen MR) is 152 cm³/mol. The first-order valence-corrected chi connectivity index (χ1v) is 15.0. The van der Waals surface area contributed by atoms with Crippen LogP contribution in [0.3, 0.4) is 0 Å². The van der Waals surface area contributed by atoms with E-state index in [0.717, 1.165) is 10.9 Å². The number of carboxylic acid groups (broad SMARTS) is 2. The number of aliphatic carboxylic acids is 2. The number of H-pyrrole nitrogens is 1. The van der Waals surface area contributed by atoms with Crippen molar-refractivity contribution in [3.05, 3.63) is 36.0 Å². The zero-order valence-corrected chi connectivity index (χ0v) is 23.4. The minimum Gasteiger partial charge on any atom is -0.481 e. The molecular formula is C25H35N5O7S2. The Hall–Kier alpha value is -3.23. The third kappa shape index (κ3) is 10.1. The number of benzene rings is 1. The van der Waals surface area contributed by atoms with Gasteiger partial charge in [0.15, 0.2) is 0 Å². The van der Waals surface area contributed by atoms with Crippen LogP contribution >= 0.6 is 23.5 Å². The maximum absolute atomic E-state index is 13.1. The van der Waals surface area contributed by atoms with Crippen LogP contribution in [0.4, 0.5) is 0 Å². The molecule has 1 heterocycles. The van der Waals surface area contributed by atoms with Crippen LogP contribution in [0.1, 0.15) is 24.8 Å². The molecule has 0 saturated carbocycles. The number of thioether (sulfide) groups is 2. The van der Waals surface area contributed by atoms with Crippen LogP contribution in [0.5, 0.6) is 0 Å². The van der Waals surface area contributed by atoms with E-state index in [4.69, 9.17) is 5.73 Å². The van der Waals surface area contributed by atoms with E-state index in [0.29, 0.717) is 23.5 Å². The van der Waals surface area contributed by atoms with Gasteiger partial charge in [0.1, 0.15) is 18.1 Å². The highest BCUT2D eigenvalue weighted by Gasteiger charge is 2.32. The van der Waals surface area contributed by atoms with Crippen molar-refractivity contribution in [2.75, 3.05) is 24.0 Å². The third-order valence-corrected chi connectivity index (χ3v) is 7.23. The number of aromatic nitrogens is 1. The Labute approximate surface area is 234 Å². The van der Waals surface area contributed by atoms with Crippen molar-refractivity contribution in [3.63, 3.8) is 0 Å². The molecular weight excluding hydrogens is 546 g/mol. The van der Waals surface area contributed by atoms with Crippen molar-refractivity contribution in [2.45, 2.75) is 49.9 Å². The number of hydrogen-bond donors (Lipinski definition) is 7. The summed E-state index contributed by atoms with van der Waals surface area (Å²) < 4.78 is 0. The largest absolute Gasteiger partial charge is 0.481 e. The highest BCUT2D eigenvalue weighted by Crippen LogP contribution is 2.19. The van der Waals surface area contributed by atoms with Gasteiger partial charge in [-0.25, -0.2) is 4.79 Å². The first kappa shape index (κ1) is 32.0. The Bertz CT molecular complexity index is 1160. The number of aromatic amines is 1. The molecule has 12 nitrogen and oxygen atoms in total. The summed E-state index contributed by atoms with van der Waals surface area (Å²) in [6.07, 6.45) is 5.11. The highest BCUT2D eigenvalue weighted by molar-refractivity contribution is 7.98. The zero-order chi connectivity index (χ0) is 28.9. The van der Waals surface area contributed by atoms with Gasteiger partial charge in [0, 0.05) is 23.5 Å². The van der Waals surface area contributed by atoms with Crippen LogP contribution in [-0.2, 0) is 30.4 Å². The summed E-state index contributed by atoms with van der Waals surface area (Å²) in [6.45, 7) is 0. The molecule has 2 aromatic rings. The first-order chi connectivity index (χ1) is 18.6. The van der Waals surface area contributed by atoms with E-state index in [1.54, 1.807) is 12.3 Å². The number of rotatable bonds is 17. The van der Waals surface area contributed by atoms with E-state index in [9.17, 15) is 34.2 Å². The minimum atomic E-state index is -1.57. The van der Waals surface area contributed by atoms with Gasteiger partial charge in [-0.3, -0.25) is 19.2 Å². The summed E-state index contributed by atoms with van der Waals surface area (Å²) in [4.78, 5) is 65.1. The fourth-order valence-electron chi connectivity index (χ4n) is 3.81. The van der Waals surface area contributed by atoms with Crippen LogP contribution < -0.4 is 21.7 Å². The normalized spacial score (nSPS) is 14.1. The van der Waals surface area contributed by atoms with Crippen molar-refractivity contribution in [2.24, 2.45) is 5.73 Å². The van der Waals surface area contributed by atoms with Crippen LogP contribution in [0.2, 0.25) is 0 Å². The molecule has 39 heavy (non-hydrogen) atoms. The van der Waals surface area contributed by atoms with Gasteiger partial charge in [-0.1, -0.05) is 18.2 Å². The van der Waals surface area contributed by atoms with Crippen molar-refractivity contribution in [1.82, 2.24) is 20.9 Å². The summed E-state index contributed by atoms with van der Waals surface area (Å²) in [5, 5.41) is 27.2. The van der Waals surface area contributed by atoms with E-state index in [2.05, 4.69) is 20.9 Å². The van der Waals surface area contributed by atoms with Crippen LogP contribution in [0, 0.1) is 0 Å². The molecule has 0 spiro atoms. The first-order valence-electron chi connectivity index (χ1n) is 12.2. The minimum absolute atomic E-state index is 0.0703. The quantitative estimate of drug-likeness (QED) is 0.138. The molecule has 14 heteroatoms. The van der Waals surface area contributed by atoms with Gasteiger partial charge >= 0.3 is 11.9 Å². The Kier molecular flexibility index (Phi) is 13.1. The fourth-order valence-corrected chi connectivity index (χ4v) is 4.77. The monoisotopic (exact) mass is 581 g/mol. The molecule has 8 N–H and O–H groups in total. The van der Waals surface area contributed by atoms with E-state index < -0.39 is 60.2 Å². The Morgan fingerprint density at radius 1 is 0.872 bits per heavy atom. The molecule has 0 fully saturated rings. The summed E-state index contributed by atoms with van der Waals surface area (Å²) >= 11 is 2.96. The number of amides is 3. The SMILES string of the molecule is CSCCC(N)C(=O)NC(CCSC)C(=O)NC(CC(=O)O)C(=O)NC(Cc1c[nH]c2ccccc12)C(=O)O.